The molecule has 5 aromatic rings. The van der Waals surface area contributed by atoms with Crippen LogP contribution in [0.2, 0.25) is 0 Å². The van der Waals surface area contributed by atoms with Crippen LogP contribution in [0.25, 0.3) is 22.6 Å². The summed E-state index contributed by atoms with van der Waals surface area (Å²) in [5, 5.41) is 5.75. The average Bonchev–Trinajstić information content (AvgIpc) is 3.29. The van der Waals surface area contributed by atoms with Gasteiger partial charge >= 0.3 is 0 Å². The summed E-state index contributed by atoms with van der Waals surface area (Å²) in [6.45, 7) is 0. The molecule has 5 rings (SSSR count). The molecule has 6 heteroatoms. The number of hydrogen-bond donors (Lipinski definition) is 2. The maximum absolute atomic E-state index is 12.4. The number of anilines is 2. The van der Waals surface area contributed by atoms with Crippen LogP contribution in [0.3, 0.4) is 0 Å². The van der Waals surface area contributed by atoms with E-state index in [2.05, 4.69) is 15.6 Å². The van der Waals surface area contributed by atoms with E-state index in [1.54, 1.807) is 54.6 Å². The number of aromatic nitrogens is 1. The fraction of sp³-hybridized carbons (Fsp3) is 0. The van der Waals surface area contributed by atoms with Crippen molar-refractivity contribution in [2.75, 3.05) is 10.6 Å². The Kier molecular flexibility index (Phi) is 5.39. The van der Waals surface area contributed by atoms with Gasteiger partial charge in [0.1, 0.15) is 5.52 Å². The predicted molar refractivity (Wildman–Crippen MR) is 128 cm³/mol. The fourth-order valence-electron chi connectivity index (χ4n) is 3.41. The van der Waals surface area contributed by atoms with E-state index < -0.39 is 0 Å². The first-order chi connectivity index (χ1) is 16.2. The van der Waals surface area contributed by atoms with Crippen LogP contribution >= 0.6 is 0 Å². The Bertz CT molecular complexity index is 1430. The molecule has 6 nitrogen and oxygen atoms in total. The number of carbonyl (C=O) groups is 2. The first-order valence-electron chi connectivity index (χ1n) is 10.4. The van der Waals surface area contributed by atoms with Crippen molar-refractivity contribution in [3.05, 3.63) is 114 Å². The molecular weight excluding hydrogens is 414 g/mol. The molecular formula is C27H19N3O3. The fourth-order valence-corrected chi connectivity index (χ4v) is 3.41. The molecule has 0 unspecified atom stereocenters. The number of benzene rings is 4. The van der Waals surface area contributed by atoms with Crippen molar-refractivity contribution in [3.63, 3.8) is 0 Å². The summed E-state index contributed by atoms with van der Waals surface area (Å²) in [5.41, 5.74) is 4.51. The maximum atomic E-state index is 12.4. The SMILES string of the molecule is O=C(Nc1ccc(-c2nc3cc(NC(=O)c4ccccc4)ccc3o2)cc1)c1ccccc1. The van der Waals surface area contributed by atoms with Gasteiger partial charge in [-0.15, -0.1) is 0 Å². The molecule has 1 heterocycles. The van der Waals surface area contributed by atoms with Crippen LogP contribution in [-0.4, -0.2) is 16.8 Å². The number of nitrogens with one attached hydrogen (secondary N) is 2. The molecule has 0 aliphatic rings. The maximum Gasteiger partial charge on any atom is 0.255 e. The van der Waals surface area contributed by atoms with Crippen molar-refractivity contribution >= 4 is 34.3 Å². The molecule has 33 heavy (non-hydrogen) atoms. The normalized spacial score (nSPS) is 10.7. The van der Waals surface area contributed by atoms with Crippen LogP contribution in [0.4, 0.5) is 11.4 Å². The lowest BCUT2D eigenvalue weighted by atomic mass is 10.2. The molecule has 0 spiro atoms. The summed E-state index contributed by atoms with van der Waals surface area (Å²) >= 11 is 0. The highest BCUT2D eigenvalue weighted by Crippen LogP contribution is 2.27. The number of nitrogens with zero attached hydrogens (tertiary/aromatic N) is 1. The third kappa shape index (κ3) is 4.50. The topological polar surface area (TPSA) is 84.2 Å². The number of amides is 2. The number of carbonyl (C=O) groups excluding carboxylic acids is 2. The van der Waals surface area contributed by atoms with Crippen molar-refractivity contribution in [2.45, 2.75) is 0 Å². The standard InChI is InChI=1S/C27H19N3O3/c31-25(18-7-3-1-4-8-18)28-21-13-11-20(12-14-21)27-30-23-17-22(15-16-24(23)33-27)29-26(32)19-9-5-2-6-10-19/h1-17H,(H,28,31)(H,29,32). The zero-order valence-corrected chi connectivity index (χ0v) is 17.5. The van der Waals surface area contributed by atoms with Crippen LogP contribution in [-0.2, 0) is 0 Å². The zero-order valence-electron chi connectivity index (χ0n) is 17.5. The van der Waals surface area contributed by atoms with Crippen molar-refractivity contribution in [1.29, 1.82) is 0 Å². The number of rotatable bonds is 5. The van der Waals surface area contributed by atoms with Crippen LogP contribution in [0.5, 0.6) is 0 Å². The second kappa shape index (κ2) is 8.80. The lowest BCUT2D eigenvalue weighted by Crippen LogP contribution is -2.11. The Morgan fingerprint density at radius 2 is 1.18 bits per heavy atom. The third-order valence-electron chi connectivity index (χ3n) is 5.11. The Morgan fingerprint density at radius 1 is 0.636 bits per heavy atom. The Morgan fingerprint density at radius 3 is 1.79 bits per heavy atom. The molecule has 0 radical (unpaired) electrons. The molecule has 0 saturated carbocycles. The zero-order chi connectivity index (χ0) is 22.6. The first kappa shape index (κ1) is 20.2. The molecule has 0 aliphatic carbocycles. The second-order valence-corrected chi connectivity index (χ2v) is 7.42. The van der Waals surface area contributed by atoms with Gasteiger partial charge in [0.2, 0.25) is 5.89 Å². The summed E-state index contributed by atoms with van der Waals surface area (Å²) in [6, 6.07) is 30.7. The lowest BCUT2D eigenvalue weighted by molar-refractivity contribution is 0.101. The van der Waals surface area contributed by atoms with Gasteiger partial charge in [-0.1, -0.05) is 36.4 Å². The number of fused-ring (bicyclic) bond motifs is 1. The largest absolute Gasteiger partial charge is 0.436 e. The van der Waals surface area contributed by atoms with E-state index in [0.29, 0.717) is 39.5 Å². The molecule has 2 N–H and O–H groups in total. The van der Waals surface area contributed by atoms with E-state index in [1.807, 2.05) is 48.5 Å². The molecule has 0 fully saturated rings. The van der Waals surface area contributed by atoms with E-state index in [4.69, 9.17) is 4.42 Å². The molecule has 0 atom stereocenters. The Balaban J connectivity index is 1.31. The number of oxazole rings is 1. The Labute approximate surface area is 189 Å². The lowest BCUT2D eigenvalue weighted by Gasteiger charge is -2.05. The van der Waals surface area contributed by atoms with Gasteiger partial charge in [0.15, 0.2) is 5.58 Å². The first-order valence-corrected chi connectivity index (χ1v) is 10.4. The van der Waals surface area contributed by atoms with Gasteiger partial charge in [-0.25, -0.2) is 4.98 Å². The Hall–Kier alpha value is -4.71. The molecule has 4 aromatic carbocycles. The van der Waals surface area contributed by atoms with E-state index in [-0.39, 0.29) is 11.8 Å². The van der Waals surface area contributed by atoms with E-state index in [0.717, 1.165) is 5.56 Å². The van der Waals surface area contributed by atoms with E-state index in [1.165, 1.54) is 0 Å². The summed E-state index contributed by atoms with van der Waals surface area (Å²) in [6.07, 6.45) is 0. The highest BCUT2D eigenvalue weighted by Gasteiger charge is 2.12. The molecule has 1 aromatic heterocycles. The van der Waals surface area contributed by atoms with Gasteiger partial charge in [0.25, 0.3) is 11.8 Å². The van der Waals surface area contributed by atoms with Crippen molar-refractivity contribution in [3.8, 4) is 11.5 Å². The van der Waals surface area contributed by atoms with Gasteiger partial charge in [-0.2, -0.15) is 0 Å². The van der Waals surface area contributed by atoms with Gasteiger partial charge < -0.3 is 15.1 Å². The van der Waals surface area contributed by atoms with Gasteiger partial charge in [0, 0.05) is 28.1 Å². The minimum Gasteiger partial charge on any atom is -0.436 e. The third-order valence-corrected chi connectivity index (χ3v) is 5.11. The van der Waals surface area contributed by atoms with Crippen LogP contribution < -0.4 is 10.6 Å². The molecule has 0 bridgehead atoms. The van der Waals surface area contributed by atoms with Crippen molar-refractivity contribution in [2.24, 2.45) is 0 Å². The monoisotopic (exact) mass is 433 g/mol. The summed E-state index contributed by atoms with van der Waals surface area (Å²) in [7, 11) is 0. The molecule has 0 aliphatic heterocycles. The summed E-state index contributed by atoms with van der Waals surface area (Å²) in [4.78, 5) is 29.3. The highest BCUT2D eigenvalue weighted by molar-refractivity contribution is 6.05. The van der Waals surface area contributed by atoms with Gasteiger partial charge in [-0.05, 0) is 66.7 Å². The summed E-state index contributed by atoms with van der Waals surface area (Å²) < 4.78 is 5.88. The average molecular weight is 433 g/mol. The molecule has 2 amide bonds. The second-order valence-electron chi connectivity index (χ2n) is 7.42. The molecule has 0 saturated heterocycles. The highest BCUT2D eigenvalue weighted by atomic mass is 16.3. The molecule has 160 valence electrons. The van der Waals surface area contributed by atoms with Crippen molar-refractivity contribution < 1.29 is 14.0 Å². The minimum absolute atomic E-state index is 0.171. The summed E-state index contributed by atoms with van der Waals surface area (Å²) in [5.74, 6) is 0.0968. The van der Waals surface area contributed by atoms with Crippen LogP contribution in [0, 0.1) is 0 Å². The van der Waals surface area contributed by atoms with Crippen molar-refractivity contribution in [1.82, 2.24) is 4.98 Å². The van der Waals surface area contributed by atoms with Crippen LogP contribution in [0.1, 0.15) is 20.7 Å². The minimum atomic E-state index is -0.188. The predicted octanol–water partition coefficient (Wildman–Crippen LogP) is 6.00. The van der Waals surface area contributed by atoms with E-state index >= 15 is 0 Å². The number of hydrogen-bond acceptors (Lipinski definition) is 4. The quantitative estimate of drug-likeness (QED) is 0.356. The van der Waals surface area contributed by atoms with Crippen LogP contribution in [0.15, 0.2) is 108 Å². The van der Waals surface area contributed by atoms with E-state index in [9.17, 15) is 9.59 Å². The van der Waals surface area contributed by atoms with Gasteiger partial charge in [0.05, 0.1) is 0 Å². The van der Waals surface area contributed by atoms with Gasteiger partial charge in [-0.3, -0.25) is 9.59 Å². The smallest absolute Gasteiger partial charge is 0.255 e.